The first kappa shape index (κ1) is 17.2. The summed E-state index contributed by atoms with van der Waals surface area (Å²) in [5, 5.41) is 7.23. The largest absolute Gasteiger partial charge is 0.364 e. The Kier molecular flexibility index (Phi) is 4.40. The van der Waals surface area contributed by atoms with E-state index in [1.165, 1.54) is 6.20 Å². The summed E-state index contributed by atoms with van der Waals surface area (Å²) in [4.78, 5) is 26.9. The molecule has 2 aromatic heterocycles. The molecule has 5 N–H and O–H groups in total. The number of anilines is 1. The van der Waals surface area contributed by atoms with Gasteiger partial charge in [0, 0.05) is 17.3 Å². The van der Waals surface area contributed by atoms with Crippen molar-refractivity contribution in [2.75, 3.05) is 5.32 Å². The maximum absolute atomic E-state index is 11.4. The topological polar surface area (TPSA) is 129 Å². The maximum Gasteiger partial charge on any atom is 0.317 e. The Labute approximate surface area is 149 Å². The SMILES string of the molecule is Cc1cc(-c2nn(-c3ccccc3)c(NC(N)=O)c2C)cnc1C(N)=O. The molecule has 3 amide bonds. The molecule has 0 aliphatic carbocycles. The summed E-state index contributed by atoms with van der Waals surface area (Å²) < 4.78 is 1.60. The highest BCUT2D eigenvalue weighted by Gasteiger charge is 2.19. The van der Waals surface area contributed by atoms with Gasteiger partial charge in [0.25, 0.3) is 5.91 Å². The molecule has 8 heteroatoms. The van der Waals surface area contributed by atoms with Crippen molar-refractivity contribution in [3.63, 3.8) is 0 Å². The molecule has 0 radical (unpaired) electrons. The number of nitrogens with one attached hydrogen (secondary N) is 1. The van der Waals surface area contributed by atoms with Crippen molar-refractivity contribution < 1.29 is 9.59 Å². The van der Waals surface area contributed by atoms with Crippen LogP contribution in [0.4, 0.5) is 10.6 Å². The van der Waals surface area contributed by atoms with Crippen LogP contribution in [0.3, 0.4) is 0 Å². The summed E-state index contributed by atoms with van der Waals surface area (Å²) in [5.41, 5.74) is 14.3. The molecule has 0 spiro atoms. The van der Waals surface area contributed by atoms with Crippen molar-refractivity contribution in [2.24, 2.45) is 11.5 Å². The fourth-order valence-electron chi connectivity index (χ4n) is 2.75. The number of carbonyl (C=O) groups excluding carboxylic acids is 2. The number of rotatable bonds is 4. The minimum atomic E-state index is -0.685. The van der Waals surface area contributed by atoms with Gasteiger partial charge in [0.15, 0.2) is 0 Å². The van der Waals surface area contributed by atoms with E-state index < -0.39 is 11.9 Å². The second-order valence-electron chi connectivity index (χ2n) is 5.81. The molecule has 0 fully saturated rings. The van der Waals surface area contributed by atoms with Gasteiger partial charge in [0.05, 0.1) is 11.4 Å². The third kappa shape index (κ3) is 3.12. The number of hydrogen-bond donors (Lipinski definition) is 3. The molecule has 8 nitrogen and oxygen atoms in total. The van der Waals surface area contributed by atoms with E-state index in [2.05, 4.69) is 15.4 Å². The zero-order chi connectivity index (χ0) is 18.8. The van der Waals surface area contributed by atoms with Crippen molar-refractivity contribution in [1.29, 1.82) is 0 Å². The first-order valence-corrected chi connectivity index (χ1v) is 7.86. The van der Waals surface area contributed by atoms with Crippen LogP contribution in [0.25, 0.3) is 16.9 Å². The number of aromatic nitrogens is 3. The van der Waals surface area contributed by atoms with Crippen molar-refractivity contribution in [3.8, 4) is 16.9 Å². The average Bonchev–Trinajstić information content (AvgIpc) is 2.91. The Balaban J connectivity index is 2.17. The zero-order valence-electron chi connectivity index (χ0n) is 14.4. The number of nitrogens with zero attached hydrogens (tertiary/aromatic N) is 3. The van der Waals surface area contributed by atoms with E-state index in [0.717, 1.165) is 11.3 Å². The van der Waals surface area contributed by atoms with Gasteiger partial charge in [0.1, 0.15) is 11.5 Å². The summed E-state index contributed by atoms with van der Waals surface area (Å²) in [6.45, 7) is 3.58. The average molecular weight is 350 g/mol. The predicted molar refractivity (Wildman–Crippen MR) is 98.0 cm³/mol. The van der Waals surface area contributed by atoms with E-state index >= 15 is 0 Å². The molecule has 1 aromatic carbocycles. The number of hydrogen-bond acceptors (Lipinski definition) is 4. The molecular weight excluding hydrogens is 332 g/mol. The van der Waals surface area contributed by atoms with E-state index in [1.807, 2.05) is 37.3 Å². The molecular formula is C18H18N6O2. The molecule has 0 bridgehead atoms. The number of carbonyl (C=O) groups is 2. The second kappa shape index (κ2) is 6.67. The van der Waals surface area contributed by atoms with Crippen LogP contribution < -0.4 is 16.8 Å². The highest BCUT2D eigenvalue weighted by Crippen LogP contribution is 2.30. The molecule has 0 aliphatic rings. The highest BCUT2D eigenvalue weighted by molar-refractivity contribution is 5.93. The summed E-state index contributed by atoms with van der Waals surface area (Å²) in [7, 11) is 0. The van der Waals surface area contributed by atoms with E-state index in [-0.39, 0.29) is 5.69 Å². The smallest absolute Gasteiger partial charge is 0.317 e. The quantitative estimate of drug-likeness (QED) is 0.665. The number of para-hydroxylation sites is 1. The van der Waals surface area contributed by atoms with Crippen LogP contribution in [0.2, 0.25) is 0 Å². The molecule has 0 saturated carbocycles. The molecule has 0 saturated heterocycles. The third-order valence-corrected chi connectivity index (χ3v) is 3.95. The Morgan fingerprint density at radius 2 is 1.81 bits per heavy atom. The van der Waals surface area contributed by atoms with E-state index in [1.54, 1.807) is 17.7 Å². The first-order valence-electron chi connectivity index (χ1n) is 7.86. The van der Waals surface area contributed by atoms with Crippen LogP contribution in [0.1, 0.15) is 21.6 Å². The van der Waals surface area contributed by atoms with Gasteiger partial charge in [-0.2, -0.15) is 5.10 Å². The summed E-state index contributed by atoms with van der Waals surface area (Å²) in [6.07, 6.45) is 1.53. The standard InChI is InChI=1S/C18H18N6O2/c1-10-8-12(9-21-14(10)16(19)25)15-11(2)17(22-18(20)26)24(23-15)13-6-4-3-5-7-13/h3-9H,1-2H3,(H2,19,25)(H3,20,22,26). The van der Waals surface area contributed by atoms with Gasteiger partial charge in [-0.15, -0.1) is 0 Å². The molecule has 26 heavy (non-hydrogen) atoms. The minimum Gasteiger partial charge on any atom is -0.364 e. The molecule has 2 heterocycles. The van der Waals surface area contributed by atoms with Crippen LogP contribution in [-0.4, -0.2) is 26.7 Å². The number of nitrogens with two attached hydrogens (primary N) is 2. The van der Waals surface area contributed by atoms with Crippen LogP contribution in [0, 0.1) is 13.8 Å². The Bertz CT molecular complexity index is 994. The molecule has 0 unspecified atom stereocenters. The first-order chi connectivity index (χ1) is 12.4. The lowest BCUT2D eigenvalue weighted by Gasteiger charge is -2.07. The van der Waals surface area contributed by atoms with Gasteiger partial charge >= 0.3 is 6.03 Å². The number of aryl methyl sites for hydroxylation is 1. The number of primary amides is 2. The normalized spacial score (nSPS) is 10.5. The van der Waals surface area contributed by atoms with E-state index in [0.29, 0.717) is 22.6 Å². The van der Waals surface area contributed by atoms with Crippen LogP contribution in [0.5, 0.6) is 0 Å². The maximum atomic E-state index is 11.4. The molecule has 0 aliphatic heterocycles. The van der Waals surface area contributed by atoms with Gasteiger partial charge in [-0.1, -0.05) is 18.2 Å². The van der Waals surface area contributed by atoms with E-state index in [9.17, 15) is 9.59 Å². The Hall–Kier alpha value is -3.68. The second-order valence-corrected chi connectivity index (χ2v) is 5.81. The predicted octanol–water partition coefficient (Wildman–Crippen LogP) is 2.14. The zero-order valence-corrected chi connectivity index (χ0v) is 14.4. The van der Waals surface area contributed by atoms with Crippen molar-refractivity contribution >= 4 is 17.8 Å². The van der Waals surface area contributed by atoms with Gasteiger partial charge in [-0.3, -0.25) is 15.1 Å². The van der Waals surface area contributed by atoms with Crippen LogP contribution in [0.15, 0.2) is 42.6 Å². The fourth-order valence-corrected chi connectivity index (χ4v) is 2.75. The summed E-state index contributed by atoms with van der Waals surface area (Å²) >= 11 is 0. The monoisotopic (exact) mass is 350 g/mol. The summed E-state index contributed by atoms with van der Waals surface area (Å²) in [6, 6.07) is 10.4. The third-order valence-electron chi connectivity index (χ3n) is 3.95. The van der Waals surface area contributed by atoms with E-state index in [4.69, 9.17) is 11.5 Å². The van der Waals surface area contributed by atoms with Crippen LogP contribution in [-0.2, 0) is 0 Å². The van der Waals surface area contributed by atoms with Crippen molar-refractivity contribution in [2.45, 2.75) is 13.8 Å². The molecule has 132 valence electrons. The highest BCUT2D eigenvalue weighted by atomic mass is 16.2. The fraction of sp³-hybridized carbons (Fsp3) is 0.111. The van der Waals surface area contributed by atoms with Crippen LogP contribution >= 0.6 is 0 Å². The minimum absolute atomic E-state index is 0.212. The molecule has 0 atom stereocenters. The number of benzene rings is 1. The lowest BCUT2D eigenvalue weighted by atomic mass is 10.1. The number of pyridine rings is 1. The summed E-state index contributed by atoms with van der Waals surface area (Å²) in [5.74, 6) is -0.119. The van der Waals surface area contributed by atoms with Gasteiger partial charge in [-0.25, -0.2) is 9.48 Å². The van der Waals surface area contributed by atoms with Crippen molar-refractivity contribution in [1.82, 2.24) is 14.8 Å². The Morgan fingerprint density at radius 1 is 1.12 bits per heavy atom. The number of amides is 3. The Morgan fingerprint density at radius 3 is 2.38 bits per heavy atom. The molecule has 3 rings (SSSR count). The molecule has 3 aromatic rings. The van der Waals surface area contributed by atoms with Crippen molar-refractivity contribution in [3.05, 3.63) is 59.4 Å². The van der Waals surface area contributed by atoms with Gasteiger partial charge in [0.2, 0.25) is 0 Å². The lowest BCUT2D eigenvalue weighted by molar-refractivity contribution is 0.0995. The van der Waals surface area contributed by atoms with Gasteiger partial charge < -0.3 is 11.5 Å². The van der Waals surface area contributed by atoms with Gasteiger partial charge in [-0.05, 0) is 37.6 Å². The lowest BCUT2D eigenvalue weighted by Crippen LogP contribution is -2.21. The number of urea groups is 1.